The zero-order chi connectivity index (χ0) is 15.6. The fraction of sp³-hybridized carbons (Fsp3) is 0.333. The Kier molecular flexibility index (Phi) is 3.84. The number of anilines is 1. The molecule has 0 aliphatic heterocycles. The molecule has 1 aliphatic carbocycles. The first-order chi connectivity index (χ1) is 10.6. The van der Waals surface area contributed by atoms with Crippen molar-refractivity contribution in [2.24, 2.45) is 5.41 Å². The molecule has 114 valence electrons. The molecule has 1 heterocycles. The second-order valence-electron chi connectivity index (χ2n) is 6.43. The first-order valence-electron chi connectivity index (χ1n) is 7.58. The van der Waals surface area contributed by atoms with E-state index < -0.39 is 0 Å². The molecule has 0 radical (unpaired) electrons. The van der Waals surface area contributed by atoms with E-state index in [1.54, 1.807) is 12.4 Å². The smallest absolute Gasteiger partial charge is 0.319 e. The van der Waals surface area contributed by atoms with Crippen molar-refractivity contribution in [3.63, 3.8) is 0 Å². The molecular formula is C18H21N3O. The maximum absolute atomic E-state index is 12.1. The highest BCUT2D eigenvalue weighted by atomic mass is 16.2. The van der Waals surface area contributed by atoms with Crippen LogP contribution in [0.4, 0.5) is 10.5 Å². The van der Waals surface area contributed by atoms with Crippen molar-refractivity contribution in [1.29, 1.82) is 0 Å². The maximum atomic E-state index is 12.1. The Morgan fingerprint density at radius 2 is 1.91 bits per heavy atom. The van der Waals surface area contributed by atoms with Crippen LogP contribution in [0.1, 0.15) is 23.6 Å². The Labute approximate surface area is 131 Å². The number of carbonyl (C=O) groups is 1. The summed E-state index contributed by atoms with van der Waals surface area (Å²) in [5.41, 5.74) is 4.65. The Bertz CT molecular complexity index is 671. The highest BCUT2D eigenvalue weighted by Gasteiger charge is 2.32. The molecule has 22 heavy (non-hydrogen) atoms. The van der Waals surface area contributed by atoms with Crippen LogP contribution in [0, 0.1) is 12.3 Å². The molecule has 0 unspecified atom stereocenters. The minimum atomic E-state index is -0.161. The summed E-state index contributed by atoms with van der Waals surface area (Å²) in [6.45, 7) is 4.82. The summed E-state index contributed by atoms with van der Waals surface area (Å²) in [6, 6.07) is 10.2. The van der Waals surface area contributed by atoms with Crippen molar-refractivity contribution in [1.82, 2.24) is 10.3 Å². The molecule has 4 heteroatoms. The zero-order valence-corrected chi connectivity index (χ0v) is 13.0. The SMILES string of the molecule is Cc1cnccc1NC(=O)NCC1(C)Cc2ccccc2C1. The molecule has 2 N–H and O–H groups in total. The lowest BCUT2D eigenvalue weighted by atomic mass is 9.87. The largest absolute Gasteiger partial charge is 0.337 e. The van der Waals surface area contributed by atoms with Gasteiger partial charge in [-0.25, -0.2) is 4.79 Å². The number of rotatable bonds is 3. The summed E-state index contributed by atoms with van der Waals surface area (Å²) < 4.78 is 0. The Morgan fingerprint density at radius 1 is 1.23 bits per heavy atom. The van der Waals surface area contributed by atoms with Crippen LogP contribution in [0.5, 0.6) is 0 Å². The number of fused-ring (bicyclic) bond motifs is 1. The second-order valence-corrected chi connectivity index (χ2v) is 6.43. The van der Waals surface area contributed by atoms with Crippen LogP contribution in [0.3, 0.4) is 0 Å². The fourth-order valence-corrected chi connectivity index (χ4v) is 3.08. The van der Waals surface area contributed by atoms with Gasteiger partial charge in [0.05, 0.1) is 0 Å². The molecule has 0 atom stereocenters. The van der Waals surface area contributed by atoms with Gasteiger partial charge in [-0.3, -0.25) is 4.98 Å². The Hall–Kier alpha value is -2.36. The van der Waals surface area contributed by atoms with E-state index in [1.165, 1.54) is 11.1 Å². The van der Waals surface area contributed by atoms with Crippen LogP contribution in [-0.2, 0) is 12.8 Å². The van der Waals surface area contributed by atoms with E-state index >= 15 is 0 Å². The van der Waals surface area contributed by atoms with Crippen molar-refractivity contribution in [2.75, 3.05) is 11.9 Å². The van der Waals surface area contributed by atoms with Crippen LogP contribution in [-0.4, -0.2) is 17.6 Å². The van der Waals surface area contributed by atoms with Crippen molar-refractivity contribution < 1.29 is 4.79 Å². The molecular weight excluding hydrogens is 274 g/mol. The Balaban J connectivity index is 1.57. The van der Waals surface area contributed by atoms with Crippen LogP contribution in [0.2, 0.25) is 0 Å². The van der Waals surface area contributed by atoms with Crippen molar-refractivity contribution >= 4 is 11.7 Å². The molecule has 0 saturated heterocycles. The number of amides is 2. The quantitative estimate of drug-likeness (QED) is 0.912. The molecule has 1 aromatic heterocycles. The predicted octanol–water partition coefficient (Wildman–Crippen LogP) is 3.32. The minimum absolute atomic E-state index is 0.0916. The molecule has 2 amide bonds. The first-order valence-corrected chi connectivity index (χ1v) is 7.58. The third kappa shape index (κ3) is 3.11. The van der Waals surface area contributed by atoms with E-state index in [0.29, 0.717) is 6.54 Å². The maximum Gasteiger partial charge on any atom is 0.319 e. The standard InChI is InChI=1S/C18H21N3O/c1-13-11-19-8-7-16(13)21-17(22)20-12-18(2)9-14-5-3-4-6-15(14)10-18/h3-8,11H,9-10,12H2,1-2H3,(H2,19,20,21,22). The van der Waals surface area contributed by atoms with Crippen LogP contribution >= 0.6 is 0 Å². The topological polar surface area (TPSA) is 54.0 Å². The summed E-state index contributed by atoms with van der Waals surface area (Å²) in [5.74, 6) is 0. The van der Waals surface area contributed by atoms with Crippen LogP contribution in [0.15, 0.2) is 42.7 Å². The Morgan fingerprint density at radius 3 is 2.55 bits per heavy atom. The molecule has 2 aromatic rings. The van der Waals surface area contributed by atoms with Gasteiger partial charge in [-0.2, -0.15) is 0 Å². The third-order valence-corrected chi connectivity index (χ3v) is 4.30. The average molecular weight is 295 g/mol. The molecule has 0 spiro atoms. The van der Waals surface area contributed by atoms with E-state index in [9.17, 15) is 4.79 Å². The zero-order valence-electron chi connectivity index (χ0n) is 13.0. The van der Waals surface area contributed by atoms with Gasteiger partial charge in [-0.05, 0) is 47.9 Å². The minimum Gasteiger partial charge on any atom is -0.337 e. The lowest BCUT2D eigenvalue weighted by Gasteiger charge is -2.24. The van der Waals surface area contributed by atoms with Crippen molar-refractivity contribution in [3.8, 4) is 0 Å². The van der Waals surface area contributed by atoms with Gasteiger partial charge in [0.2, 0.25) is 0 Å². The summed E-state index contributed by atoms with van der Waals surface area (Å²) in [4.78, 5) is 16.1. The number of aromatic nitrogens is 1. The summed E-state index contributed by atoms with van der Waals surface area (Å²) in [5, 5.41) is 5.89. The highest BCUT2D eigenvalue weighted by molar-refractivity contribution is 5.89. The van der Waals surface area contributed by atoms with Crippen molar-refractivity contribution in [2.45, 2.75) is 26.7 Å². The number of nitrogens with zero attached hydrogens (tertiary/aromatic N) is 1. The van der Waals surface area contributed by atoms with Crippen molar-refractivity contribution in [3.05, 3.63) is 59.4 Å². The number of benzene rings is 1. The molecule has 0 bridgehead atoms. The van der Waals surface area contributed by atoms with E-state index in [-0.39, 0.29) is 11.4 Å². The number of carbonyl (C=O) groups excluding carboxylic acids is 1. The van der Waals surface area contributed by atoms with Gasteiger partial charge >= 0.3 is 6.03 Å². The second kappa shape index (κ2) is 5.79. The fourth-order valence-electron chi connectivity index (χ4n) is 3.08. The van der Waals surface area contributed by atoms with Gasteiger partial charge in [0, 0.05) is 24.6 Å². The summed E-state index contributed by atoms with van der Waals surface area (Å²) in [7, 11) is 0. The monoisotopic (exact) mass is 295 g/mol. The number of pyridine rings is 1. The summed E-state index contributed by atoms with van der Waals surface area (Å²) in [6.07, 6.45) is 5.44. The molecule has 1 aliphatic rings. The molecule has 4 nitrogen and oxygen atoms in total. The van der Waals surface area contributed by atoms with Crippen LogP contribution in [0.25, 0.3) is 0 Å². The normalized spacial score (nSPS) is 15.2. The van der Waals surface area contributed by atoms with E-state index in [0.717, 1.165) is 24.1 Å². The van der Waals surface area contributed by atoms with Crippen LogP contribution < -0.4 is 10.6 Å². The van der Waals surface area contributed by atoms with Gasteiger partial charge in [0.25, 0.3) is 0 Å². The van der Waals surface area contributed by atoms with Gasteiger partial charge in [0.15, 0.2) is 0 Å². The number of urea groups is 1. The molecule has 1 aromatic carbocycles. The third-order valence-electron chi connectivity index (χ3n) is 4.30. The summed E-state index contributed by atoms with van der Waals surface area (Å²) >= 11 is 0. The van der Waals surface area contributed by atoms with E-state index in [1.807, 2.05) is 13.0 Å². The van der Waals surface area contributed by atoms with E-state index in [2.05, 4.69) is 46.8 Å². The van der Waals surface area contributed by atoms with Gasteiger partial charge in [-0.15, -0.1) is 0 Å². The van der Waals surface area contributed by atoms with E-state index in [4.69, 9.17) is 0 Å². The molecule has 3 rings (SSSR count). The van der Waals surface area contributed by atoms with Gasteiger partial charge in [0.1, 0.15) is 0 Å². The number of aryl methyl sites for hydroxylation is 1. The number of hydrogen-bond donors (Lipinski definition) is 2. The molecule has 0 saturated carbocycles. The lowest BCUT2D eigenvalue weighted by molar-refractivity contribution is 0.243. The number of nitrogens with one attached hydrogen (secondary N) is 2. The van der Waals surface area contributed by atoms with Gasteiger partial charge < -0.3 is 10.6 Å². The number of hydrogen-bond acceptors (Lipinski definition) is 2. The predicted molar refractivity (Wildman–Crippen MR) is 88.0 cm³/mol. The lowest BCUT2D eigenvalue weighted by Crippen LogP contribution is -2.38. The molecule has 0 fully saturated rings. The average Bonchev–Trinajstić information content (AvgIpc) is 2.84. The van der Waals surface area contributed by atoms with Gasteiger partial charge in [-0.1, -0.05) is 31.2 Å². The highest BCUT2D eigenvalue weighted by Crippen LogP contribution is 2.35. The first kappa shape index (κ1) is 14.6.